The van der Waals surface area contributed by atoms with Crippen molar-refractivity contribution in [1.29, 1.82) is 0 Å². The zero-order chi connectivity index (χ0) is 13.3. The van der Waals surface area contributed by atoms with Gasteiger partial charge in [0, 0.05) is 10.6 Å². The molecule has 0 aliphatic carbocycles. The number of aromatic amines is 1. The van der Waals surface area contributed by atoms with E-state index < -0.39 is 0 Å². The molecule has 94 valence electrons. The summed E-state index contributed by atoms with van der Waals surface area (Å²) in [6, 6.07) is 5.54. The van der Waals surface area contributed by atoms with Crippen LogP contribution in [0.25, 0.3) is 11.4 Å². The minimum absolute atomic E-state index is 0.0909. The van der Waals surface area contributed by atoms with Gasteiger partial charge in [-0.15, -0.1) is 0 Å². The van der Waals surface area contributed by atoms with Crippen LogP contribution in [0.5, 0.6) is 0 Å². The lowest BCUT2D eigenvalue weighted by Crippen LogP contribution is -2.16. The highest BCUT2D eigenvalue weighted by Gasteiger charge is 2.10. The summed E-state index contributed by atoms with van der Waals surface area (Å²) in [6.07, 6.45) is 0.738. The van der Waals surface area contributed by atoms with Gasteiger partial charge in [0.15, 0.2) is 0 Å². The summed E-state index contributed by atoms with van der Waals surface area (Å²) in [6.45, 7) is 3.94. The van der Waals surface area contributed by atoms with E-state index in [1.807, 2.05) is 48.6 Å². The van der Waals surface area contributed by atoms with Gasteiger partial charge in [-0.05, 0) is 59.7 Å². The first kappa shape index (κ1) is 13.5. The van der Waals surface area contributed by atoms with E-state index in [-0.39, 0.29) is 5.56 Å². The lowest BCUT2D eigenvalue weighted by molar-refractivity contribution is 0.967. The Hall–Kier alpha value is -0.880. The first-order chi connectivity index (χ1) is 8.52. The second kappa shape index (κ2) is 5.40. The van der Waals surface area contributed by atoms with E-state index in [0.717, 1.165) is 23.2 Å². The first-order valence-corrected chi connectivity index (χ1v) is 7.03. The average Bonchev–Trinajstić information content (AvgIpc) is 2.32. The maximum Gasteiger partial charge on any atom is 0.264 e. The van der Waals surface area contributed by atoms with Gasteiger partial charge in [0.25, 0.3) is 5.56 Å². The Bertz CT molecular complexity index is 652. The molecule has 0 saturated heterocycles. The van der Waals surface area contributed by atoms with E-state index in [1.54, 1.807) is 6.07 Å². The molecular weight excluding hydrogens is 363 g/mol. The Labute approximate surface area is 124 Å². The zero-order valence-electron chi connectivity index (χ0n) is 10.1. The molecule has 2 aromatic rings. The number of H-pyrrole nitrogens is 1. The molecule has 1 N–H and O–H groups in total. The summed E-state index contributed by atoms with van der Waals surface area (Å²) in [7, 11) is 0. The highest BCUT2D eigenvalue weighted by Crippen LogP contribution is 2.23. The van der Waals surface area contributed by atoms with Crippen molar-refractivity contribution in [1.82, 2.24) is 9.97 Å². The maximum absolute atomic E-state index is 11.8. The van der Waals surface area contributed by atoms with Gasteiger partial charge in [0.2, 0.25) is 0 Å². The topological polar surface area (TPSA) is 45.8 Å². The monoisotopic (exact) mass is 374 g/mol. The van der Waals surface area contributed by atoms with Gasteiger partial charge in [0.1, 0.15) is 5.82 Å². The number of aromatic nitrogens is 2. The summed E-state index contributed by atoms with van der Waals surface area (Å²) in [4.78, 5) is 19.2. The second-order valence-electron chi connectivity index (χ2n) is 3.99. The molecule has 0 radical (unpaired) electrons. The molecule has 5 heteroatoms. The van der Waals surface area contributed by atoms with Crippen LogP contribution in [0.2, 0.25) is 5.02 Å². The molecule has 3 nitrogen and oxygen atoms in total. The van der Waals surface area contributed by atoms with Crippen molar-refractivity contribution in [3.05, 3.63) is 48.4 Å². The van der Waals surface area contributed by atoms with Gasteiger partial charge >= 0.3 is 0 Å². The third-order valence-electron chi connectivity index (χ3n) is 2.71. The molecule has 0 aliphatic heterocycles. The molecule has 0 spiro atoms. The lowest BCUT2D eigenvalue weighted by atomic mass is 10.1. The fourth-order valence-corrected chi connectivity index (χ4v) is 2.62. The quantitative estimate of drug-likeness (QED) is 0.817. The summed E-state index contributed by atoms with van der Waals surface area (Å²) in [5, 5.41) is 0.680. The molecule has 1 heterocycles. The van der Waals surface area contributed by atoms with Gasteiger partial charge < -0.3 is 4.98 Å². The Morgan fingerprint density at radius 1 is 1.44 bits per heavy atom. The van der Waals surface area contributed by atoms with Crippen molar-refractivity contribution in [2.45, 2.75) is 20.3 Å². The Kier molecular flexibility index (Phi) is 4.07. The molecule has 0 fully saturated rings. The van der Waals surface area contributed by atoms with Gasteiger partial charge in [-0.3, -0.25) is 4.79 Å². The number of hydrogen-bond donors (Lipinski definition) is 1. The van der Waals surface area contributed by atoms with Crippen LogP contribution in [0.15, 0.2) is 23.0 Å². The van der Waals surface area contributed by atoms with Crippen molar-refractivity contribution in [3.63, 3.8) is 0 Å². The van der Waals surface area contributed by atoms with Gasteiger partial charge in [-0.1, -0.05) is 18.5 Å². The third kappa shape index (κ3) is 2.59. The summed E-state index contributed by atoms with van der Waals surface area (Å²) in [5.41, 5.74) is 2.63. The molecule has 1 aromatic carbocycles. The van der Waals surface area contributed by atoms with E-state index >= 15 is 0 Å². The minimum Gasteiger partial charge on any atom is -0.306 e. The number of halogens is 2. The maximum atomic E-state index is 11.8. The summed E-state index contributed by atoms with van der Waals surface area (Å²) < 4.78 is 0.658. The molecule has 18 heavy (non-hydrogen) atoms. The van der Waals surface area contributed by atoms with Crippen LogP contribution >= 0.6 is 34.2 Å². The van der Waals surface area contributed by atoms with Crippen LogP contribution in [0, 0.1) is 10.5 Å². The SMILES string of the molecule is CCc1nc(-c2ccc(Cl)cc2C)[nH]c(=O)c1I. The largest absolute Gasteiger partial charge is 0.306 e. The number of nitrogens with one attached hydrogen (secondary N) is 1. The number of rotatable bonds is 2. The smallest absolute Gasteiger partial charge is 0.264 e. The highest BCUT2D eigenvalue weighted by atomic mass is 127. The summed E-state index contributed by atoms with van der Waals surface area (Å²) >= 11 is 7.95. The van der Waals surface area contributed by atoms with E-state index in [1.165, 1.54) is 0 Å². The normalized spacial score (nSPS) is 10.7. The Balaban J connectivity index is 2.64. The zero-order valence-corrected chi connectivity index (χ0v) is 13.0. The molecule has 0 aliphatic rings. The van der Waals surface area contributed by atoms with E-state index in [4.69, 9.17) is 11.6 Å². The van der Waals surface area contributed by atoms with Crippen molar-refractivity contribution >= 4 is 34.2 Å². The fourth-order valence-electron chi connectivity index (χ4n) is 1.76. The second-order valence-corrected chi connectivity index (χ2v) is 5.50. The van der Waals surface area contributed by atoms with Crippen molar-refractivity contribution in [2.24, 2.45) is 0 Å². The average molecular weight is 375 g/mol. The summed E-state index contributed by atoms with van der Waals surface area (Å²) in [5.74, 6) is 0.603. The van der Waals surface area contributed by atoms with Crippen molar-refractivity contribution < 1.29 is 0 Å². The molecule has 2 rings (SSSR count). The Morgan fingerprint density at radius 3 is 2.78 bits per heavy atom. The van der Waals surface area contributed by atoms with Crippen LogP contribution in [-0.4, -0.2) is 9.97 Å². The van der Waals surface area contributed by atoms with Gasteiger partial charge in [-0.25, -0.2) is 4.98 Å². The Morgan fingerprint density at radius 2 is 2.17 bits per heavy atom. The van der Waals surface area contributed by atoms with Crippen LogP contribution in [0.3, 0.4) is 0 Å². The van der Waals surface area contributed by atoms with Crippen molar-refractivity contribution in [3.8, 4) is 11.4 Å². The molecular formula is C13H12ClIN2O. The van der Waals surface area contributed by atoms with E-state index in [9.17, 15) is 4.79 Å². The number of nitrogens with zero attached hydrogens (tertiary/aromatic N) is 1. The molecule has 0 unspecified atom stereocenters. The van der Waals surface area contributed by atoms with Crippen LogP contribution in [0.1, 0.15) is 18.2 Å². The number of hydrogen-bond acceptors (Lipinski definition) is 2. The first-order valence-electron chi connectivity index (χ1n) is 5.58. The third-order valence-corrected chi connectivity index (χ3v) is 4.06. The van der Waals surface area contributed by atoms with Crippen LogP contribution in [-0.2, 0) is 6.42 Å². The van der Waals surface area contributed by atoms with E-state index in [0.29, 0.717) is 14.4 Å². The highest BCUT2D eigenvalue weighted by molar-refractivity contribution is 14.1. The molecule has 0 amide bonds. The predicted molar refractivity (Wildman–Crippen MR) is 82.1 cm³/mol. The van der Waals surface area contributed by atoms with Gasteiger partial charge in [-0.2, -0.15) is 0 Å². The lowest BCUT2D eigenvalue weighted by Gasteiger charge is -2.08. The molecule has 0 bridgehead atoms. The standard InChI is InChI=1S/C13H12ClIN2O/c1-3-10-11(15)13(18)17-12(16-10)9-5-4-8(14)6-7(9)2/h4-6H,3H2,1-2H3,(H,16,17,18). The van der Waals surface area contributed by atoms with Crippen LogP contribution < -0.4 is 5.56 Å². The minimum atomic E-state index is -0.0909. The fraction of sp³-hybridized carbons (Fsp3) is 0.231. The number of aryl methyl sites for hydroxylation is 2. The number of benzene rings is 1. The molecule has 1 aromatic heterocycles. The molecule has 0 atom stereocenters. The predicted octanol–water partition coefficient (Wildman–Crippen LogP) is 3.57. The van der Waals surface area contributed by atoms with Gasteiger partial charge in [0.05, 0.1) is 9.26 Å². The van der Waals surface area contributed by atoms with E-state index in [2.05, 4.69) is 9.97 Å². The van der Waals surface area contributed by atoms with Crippen molar-refractivity contribution in [2.75, 3.05) is 0 Å². The van der Waals surface area contributed by atoms with Crippen LogP contribution in [0.4, 0.5) is 0 Å². The molecule has 0 saturated carbocycles.